The normalized spacial score (nSPS) is 37.1. The summed E-state index contributed by atoms with van der Waals surface area (Å²) < 4.78 is 0. The number of nitrogens with zero attached hydrogens (tertiary/aromatic N) is 2. The number of hydrogen-bond donors (Lipinski definition) is 1. The Hall–Kier alpha value is -0.610. The third-order valence-corrected chi connectivity index (χ3v) is 3.93. The molecule has 0 aromatic rings. The molecule has 1 N–H and O–H groups in total. The highest BCUT2D eigenvalue weighted by Gasteiger charge is 2.33. The second-order valence-electron chi connectivity index (χ2n) is 5.27. The molecule has 2 aliphatic rings. The molecule has 0 aromatic heterocycles. The number of piperidine rings is 1. The third kappa shape index (κ3) is 2.23. The van der Waals surface area contributed by atoms with Gasteiger partial charge in [-0.15, -0.1) is 0 Å². The highest BCUT2D eigenvalue weighted by molar-refractivity contribution is 5.83. The summed E-state index contributed by atoms with van der Waals surface area (Å²) in [5.41, 5.74) is 3.44. The Morgan fingerprint density at radius 2 is 1.81 bits per heavy atom. The van der Waals surface area contributed by atoms with Gasteiger partial charge < -0.3 is 4.90 Å². The van der Waals surface area contributed by atoms with Gasteiger partial charge in [-0.25, -0.2) is 10.4 Å². The van der Waals surface area contributed by atoms with Gasteiger partial charge in [0.2, 0.25) is 5.91 Å². The molecule has 4 nitrogen and oxygen atoms in total. The van der Waals surface area contributed by atoms with Crippen LogP contribution >= 0.6 is 0 Å². The molecule has 0 bridgehead atoms. The van der Waals surface area contributed by atoms with E-state index in [0.29, 0.717) is 12.1 Å². The topological polar surface area (TPSA) is 35.6 Å². The summed E-state index contributed by atoms with van der Waals surface area (Å²) in [4.78, 5) is 13.6. The van der Waals surface area contributed by atoms with E-state index < -0.39 is 0 Å². The minimum atomic E-state index is 0.00741. The van der Waals surface area contributed by atoms with Crippen LogP contribution in [0.5, 0.6) is 0 Å². The lowest BCUT2D eigenvalue weighted by atomic mass is 9.99. The molecule has 16 heavy (non-hydrogen) atoms. The standard InChI is InChI=1S/C12H23N3O/c1-9-5-4-6-10(2)15(9)13-11-7-8-14(3)12(11)16/h9-11,13H,4-8H2,1-3H3. The monoisotopic (exact) mass is 225 g/mol. The zero-order valence-electron chi connectivity index (χ0n) is 10.6. The molecule has 2 rings (SSSR count). The molecular formula is C12H23N3O. The molecule has 92 valence electrons. The van der Waals surface area contributed by atoms with E-state index in [1.165, 1.54) is 19.3 Å². The van der Waals surface area contributed by atoms with Crippen molar-refractivity contribution in [3.05, 3.63) is 0 Å². The quantitative estimate of drug-likeness (QED) is 0.761. The van der Waals surface area contributed by atoms with Crippen LogP contribution in [-0.4, -0.2) is 47.5 Å². The molecule has 3 atom stereocenters. The van der Waals surface area contributed by atoms with Crippen LogP contribution in [0.3, 0.4) is 0 Å². The van der Waals surface area contributed by atoms with Crippen LogP contribution in [-0.2, 0) is 4.79 Å². The van der Waals surface area contributed by atoms with Crippen molar-refractivity contribution in [3.63, 3.8) is 0 Å². The summed E-state index contributed by atoms with van der Waals surface area (Å²) >= 11 is 0. The van der Waals surface area contributed by atoms with E-state index in [1.807, 2.05) is 11.9 Å². The SMILES string of the molecule is CC1CCCC(C)N1NC1CCN(C)C1=O. The van der Waals surface area contributed by atoms with Gasteiger partial charge in [0.15, 0.2) is 0 Å². The molecule has 2 fully saturated rings. The van der Waals surface area contributed by atoms with Crippen LogP contribution in [0, 0.1) is 0 Å². The van der Waals surface area contributed by atoms with E-state index in [1.54, 1.807) is 0 Å². The van der Waals surface area contributed by atoms with E-state index >= 15 is 0 Å². The molecule has 0 spiro atoms. The molecule has 2 heterocycles. The molecular weight excluding hydrogens is 202 g/mol. The number of likely N-dealkylation sites (tertiary alicyclic amines) is 1. The highest BCUT2D eigenvalue weighted by atomic mass is 16.2. The van der Waals surface area contributed by atoms with E-state index in [9.17, 15) is 4.79 Å². The number of rotatable bonds is 2. The first kappa shape index (κ1) is 11.9. The highest BCUT2D eigenvalue weighted by Crippen LogP contribution is 2.21. The Balaban J connectivity index is 1.95. The fourth-order valence-corrected chi connectivity index (χ4v) is 2.80. The molecule has 0 aliphatic carbocycles. The number of nitrogens with one attached hydrogen (secondary N) is 1. The van der Waals surface area contributed by atoms with Crippen molar-refractivity contribution < 1.29 is 4.79 Å². The molecule has 1 amide bonds. The molecule has 0 saturated carbocycles. The average molecular weight is 225 g/mol. The minimum Gasteiger partial charge on any atom is -0.344 e. The van der Waals surface area contributed by atoms with E-state index in [-0.39, 0.29) is 11.9 Å². The van der Waals surface area contributed by atoms with Crippen molar-refractivity contribution >= 4 is 5.91 Å². The van der Waals surface area contributed by atoms with Gasteiger partial charge in [0.25, 0.3) is 0 Å². The number of hydrazine groups is 1. The first-order valence-corrected chi connectivity index (χ1v) is 6.39. The zero-order chi connectivity index (χ0) is 11.7. The summed E-state index contributed by atoms with van der Waals surface area (Å²) in [6, 6.07) is 1.10. The van der Waals surface area contributed by atoms with E-state index in [4.69, 9.17) is 0 Å². The zero-order valence-corrected chi connectivity index (χ0v) is 10.6. The lowest BCUT2D eigenvalue weighted by Gasteiger charge is -2.40. The first-order valence-electron chi connectivity index (χ1n) is 6.39. The van der Waals surface area contributed by atoms with E-state index in [0.717, 1.165) is 13.0 Å². The fraction of sp³-hybridized carbons (Fsp3) is 0.917. The van der Waals surface area contributed by atoms with Crippen LogP contribution in [0.2, 0.25) is 0 Å². The average Bonchev–Trinajstić information content (AvgIpc) is 2.55. The summed E-state index contributed by atoms with van der Waals surface area (Å²) in [7, 11) is 1.88. The molecule has 0 aromatic carbocycles. The molecule has 4 heteroatoms. The van der Waals surface area contributed by atoms with Crippen LogP contribution in [0.1, 0.15) is 39.5 Å². The van der Waals surface area contributed by atoms with Crippen molar-refractivity contribution in [3.8, 4) is 0 Å². The predicted molar refractivity (Wildman–Crippen MR) is 63.8 cm³/mol. The summed E-state index contributed by atoms with van der Waals surface area (Å²) in [5, 5.41) is 2.30. The van der Waals surface area contributed by atoms with Gasteiger partial charge >= 0.3 is 0 Å². The molecule has 2 aliphatic heterocycles. The van der Waals surface area contributed by atoms with E-state index in [2.05, 4.69) is 24.3 Å². The van der Waals surface area contributed by atoms with Crippen LogP contribution in [0.15, 0.2) is 0 Å². The van der Waals surface area contributed by atoms with Gasteiger partial charge in [0.05, 0.1) is 0 Å². The van der Waals surface area contributed by atoms with Gasteiger partial charge in [0.1, 0.15) is 6.04 Å². The Morgan fingerprint density at radius 1 is 1.19 bits per heavy atom. The van der Waals surface area contributed by atoms with Crippen molar-refractivity contribution in [1.29, 1.82) is 0 Å². The lowest BCUT2D eigenvalue weighted by molar-refractivity contribution is -0.130. The molecule has 3 unspecified atom stereocenters. The van der Waals surface area contributed by atoms with Crippen molar-refractivity contribution in [2.24, 2.45) is 0 Å². The fourth-order valence-electron chi connectivity index (χ4n) is 2.80. The predicted octanol–water partition coefficient (Wildman–Crippen LogP) is 0.985. The second kappa shape index (κ2) is 4.72. The summed E-state index contributed by atoms with van der Waals surface area (Å²) in [5.74, 6) is 0.241. The maximum atomic E-state index is 11.8. The Kier molecular flexibility index (Phi) is 3.50. The largest absolute Gasteiger partial charge is 0.344 e. The number of likely N-dealkylation sites (N-methyl/N-ethyl adjacent to an activating group) is 1. The van der Waals surface area contributed by atoms with Gasteiger partial charge in [-0.3, -0.25) is 4.79 Å². The number of hydrogen-bond acceptors (Lipinski definition) is 3. The van der Waals surface area contributed by atoms with Crippen LogP contribution < -0.4 is 5.43 Å². The molecule has 0 radical (unpaired) electrons. The minimum absolute atomic E-state index is 0.00741. The maximum absolute atomic E-state index is 11.8. The van der Waals surface area contributed by atoms with Gasteiger partial charge in [0, 0.05) is 25.7 Å². The number of carbonyl (C=O) groups is 1. The summed E-state index contributed by atoms with van der Waals surface area (Å²) in [6.07, 6.45) is 4.70. The Morgan fingerprint density at radius 3 is 2.31 bits per heavy atom. The second-order valence-corrected chi connectivity index (χ2v) is 5.27. The van der Waals surface area contributed by atoms with Crippen molar-refractivity contribution in [1.82, 2.24) is 15.3 Å². The first-order chi connectivity index (χ1) is 7.59. The van der Waals surface area contributed by atoms with Crippen molar-refractivity contribution in [2.75, 3.05) is 13.6 Å². The Bertz CT molecular complexity index is 259. The third-order valence-electron chi connectivity index (χ3n) is 3.93. The number of amides is 1. The van der Waals surface area contributed by atoms with Crippen LogP contribution in [0.25, 0.3) is 0 Å². The molecule has 2 saturated heterocycles. The van der Waals surface area contributed by atoms with Crippen molar-refractivity contribution in [2.45, 2.75) is 57.7 Å². The lowest BCUT2D eigenvalue weighted by Crippen LogP contribution is -2.56. The summed E-state index contributed by atoms with van der Waals surface area (Å²) in [6.45, 7) is 5.37. The Labute approximate surface area is 97.9 Å². The smallest absolute Gasteiger partial charge is 0.240 e. The van der Waals surface area contributed by atoms with Gasteiger partial charge in [-0.05, 0) is 33.1 Å². The van der Waals surface area contributed by atoms with Gasteiger partial charge in [-0.1, -0.05) is 6.42 Å². The van der Waals surface area contributed by atoms with Gasteiger partial charge in [-0.2, -0.15) is 0 Å². The maximum Gasteiger partial charge on any atom is 0.240 e. The number of carbonyl (C=O) groups excluding carboxylic acids is 1. The van der Waals surface area contributed by atoms with Crippen LogP contribution in [0.4, 0.5) is 0 Å².